The van der Waals surface area contributed by atoms with Gasteiger partial charge in [0.1, 0.15) is 0 Å². The van der Waals surface area contributed by atoms with Gasteiger partial charge in [-0.25, -0.2) is 0 Å². The van der Waals surface area contributed by atoms with E-state index in [9.17, 15) is 0 Å². The molecule has 6 nitrogen and oxygen atoms in total. The molecule has 84 valence electrons. The third-order valence-corrected chi connectivity index (χ3v) is 8.09. The van der Waals surface area contributed by atoms with E-state index in [0.717, 1.165) is 13.1 Å². The summed E-state index contributed by atoms with van der Waals surface area (Å²) in [6.45, 7) is 5.75. The Morgan fingerprint density at radius 1 is 1.07 bits per heavy atom. The first-order chi connectivity index (χ1) is 6.86. The predicted octanol–water partition coefficient (Wildman–Crippen LogP) is -2.95. The van der Waals surface area contributed by atoms with Crippen molar-refractivity contribution in [2.75, 3.05) is 13.1 Å². The lowest BCUT2D eigenvalue weighted by molar-refractivity contribution is -0.0837. The van der Waals surface area contributed by atoms with Gasteiger partial charge in [-0.3, -0.25) is 4.53 Å². The molecule has 0 saturated carbocycles. The number of hydrogen-bond donors (Lipinski definition) is 0. The molecule has 1 saturated heterocycles. The molecule has 0 aromatic heterocycles. The standard InChI is InChI=1S/C4H17NO5Si4/c1-3-5(4-2)6-14-9-12-7-11-8-13-10-14/h14H,3-4,11-13H2,1-2H3. The quantitative estimate of drug-likeness (QED) is 0.403. The molecule has 1 aliphatic heterocycles. The second-order valence-corrected chi connectivity index (χ2v) is 10.0. The smallest absolute Gasteiger partial charge is 0.425 e. The van der Waals surface area contributed by atoms with Crippen LogP contribution in [-0.4, -0.2) is 57.7 Å². The topological polar surface area (TPSA) is 49.4 Å². The lowest BCUT2D eigenvalue weighted by Gasteiger charge is -2.25. The highest BCUT2D eigenvalue weighted by atomic mass is 28.4. The number of nitrogens with zero attached hydrogens (tertiary/aromatic N) is 1. The SMILES string of the molecule is CCN(CC)O[SiH]1O[SiH2]O[SiH2]O[SiH2]O1. The number of rotatable bonds is 4. The Labute approximate surface area is 92.9 Å². The zero-order valence-corrected chi connectivity index (χ0v) is 14.0. The van der Waals surface area contributed by atoms with Gasteiger partial charge in [0.25, 0.3) is 30.0 Å². The highest BCUT2D eigenvalue weighted by Gasteiger charge is 2.20. The van der Waals surface area contributed by atoms with Gasteiger partial charge >= 0.3 is 9.53 Å². The largest absolute Gasteiger partial charge is 0.482 e. The molecule has 0 aromatic carbocycles. The second-order valence-electron chi connectivity index (χ2n) is 2.60. The van der Waals surface area contributed by atoms with Crippen molar-refractivity contribution in [2.24, 2.45) is 0 Å². The van der Waals surface area contributed by atoms with Gasteiger partial charge in [-0.15, -0.1) is 0 Å². The zero-order valence-electron chi connectivity index (χ0n) is 8.60. The minimum Gasteiger partial charge on any atom is -0.425 e. The van der Waals surface area contributed by atoms with Crippen molar-refractivity contribution >= 4 is 39.5 Å². The first-order valence-corrected chi connectivity index (χ1v) is 9.55. The Kier molecular flexibility index (Phi) is 7.13. The van der Waals surface area contributed by atoms with E-state index in [0.29, 0.717) is 0 Å². The van der Waals surface area contributed by atoms with Crippen LogP contribution in [0.1, 0.15) is 13.8 Å². The van der Waals surface area contributed by atoms with Crippen molar-refractivity contribution in [1.29, 1.82) is 0 Å². The molecule has 10 heteroatoms. The molecule has 0 bridgehead atoms. The van der Waals surface area contributed by atoms with Crippen molar-refractivity contribution in [3.8, 4) is 0 Å². The summed E-state index contributed by atoms with van der Waals surface area (Å²) in [7, 11) is -4.57. The van der Waals surface area contributed by atoms with Crippen molar-refractivity contribution < 1.29 is 21.0 Å². The van der Waals surface area contributed by atoms with Crippen LogP contribution in [0.5, 0.6) is 0 Å². The van der Waals surface area contributed by atoms with Crippen LogP contribution in [0.3, 0.4) is 0 Å². The Morgan fingerprint density at radius 2 is 1.64 bits per heavy atom. The molecule has 0 spiro atoms. The van der Waals surface area contributed by atoms with E-state index in [4.69, 9.17) is 21.0 Å². The summed E-state index contributed by atoms with van der Waals surface area (Å²) >= 11 is 0. The maximum absolute atomic E-state index is 5.58. The van der Waals surface area contributed by atoms with E-state index in [-0.39, 0.29) is 0 Å². The average Bonchev–Trinajstić information content (AvgIpc) is 2.16. The number of hydrogen-bond acceptors (Lipinski definition) is 6. The van der Waals surface area contributed by atoms with Crippen LogP contribution < -0.4 is 0 Å². The van der Waals surface area contributed by atoms with Gasteiger partial charge in [0.05, 0.1) is 0 Å². The number of hydroxylamine groups is 2. The molecule has 0 atom stereocenters. The molecule has 1 fully saturated rings. The van der Waals surface area contributed by atoms with E-state index in [1.54, 1.807) is 0 Å². The molecule has 1 heterocycles. The third-order valence-electron chi connectivity index (χ3n) is 1.68. The van der Waals surface area contributed by atoms with Crippen LogP contribution >= 0.6 is 0 Å². The molecule has 0 N–H and O–H groups in total. The maximum Gasteiger partial charge on any atom is 0.482 e. The normalized spacial score (nSPS) is 29.8. The first-order valence-electron chi connectivity index (χ1n) is 4.67. The molecule has 0 amide bonds. The molecular weight excluding hydrogens is 254 g/mol. The monoisotopic (exact) mass is 271 g/mol. The molecule has 14 heavy (non-hydrogen) atoms. The first kappa shape index (κ1) is 12.7. The molecule has 1 aliphatic rings. The molecule has 0 aromatic rings. The van der Waals surface area contributed by atoms with Gasteiger partial charge in [-0.1, -0.05) is 13.8 Å². The fourth-order valence-corrected chi connectivity index (χ4v) is 8.68. The summed E-state index contributed by atoms with van der Waals surface area (Å²) in [5.74, 6) is 0. The van der Waals surface area contributed by atoms with E-state index in [2.05, 4.69) is 0 Å². The van der Waals surface area contributed by atoms with Crippen LogP contribution in [-0.2, 0) is 21.0 Å². The van der Waals surface area contributed by atoms with Crippen LogP contribution in [0, 0.1) is 0 Å². The maximum atomic E-state index is 5.58. The summed E-state index contributed by atoms with van der Waals surface area (Å²) in [5.41, 5.74) is 0. The van der Waals surface area contributed by atoms with Crippen molar-refractivity contribution in [1.82, 2.24) is 5.06 Å². The molecule has 0 aliphatic carbocycles. The van der Waals surface area contributed by atoms with E-state index < -0.39 is 39.5 Å². The van der Waals surface area contributed by atoms with Crippen LogP contribution in [0.15, 0.2) is 0 Å². The molecule has 0 unspecified atom stereocenters. The van der Waals surface area contributed by atoms with Crippen molar-refractivity contribution in [3.05, 3.63) is 0 Å². The van der Waals surface area contributed by atoms with Gasteiger partial charge < -0.3 is 16.5 Å². The highest BCUT2D eigenvalue weighted by Crippen LogP contribution is 1.98. The Bertz CT molecular complexity index is 142. The fourth-order valence-electron chi connectivity index (χ4n) is 0.938. The molecule has 1 rings (SSSR count). The van der Waals surface area contributed by atoms with Gasteiger partial charge in [-0.2, -0.15) is 5.06 Å². The lowest BCUT2D eigenvalue weighted by Crippen LogP contribution is -2.41. The minimum atomic E-state index is -1.97. The summed E-state index contributed by atoms with van der Waals surface area (Å²) in [4.78, 5) is 0. The van der Waals surface area contributed by atoms with Gasteiger partial charge in [0.15, 0.2) is 0 Å². The fraction of sp³-hybridized carbons (Fsp3) is 1.00. The Balaban J connectivity index is 2.25. The van der Waals surface area contributed by atoms with Crippen LogP contribution in [0.25, 0.3) is 0 Å². The molecule has 0 radical (unpaired) electrons. The van der Waals surface area contributed by atoms with Gasteiger partial charge in [0.2, 0.25) is 0 Å². The van der Waals surface area contributed by atoms with Crippen LogP contribution in [0.4, 0.5) is 0 Å². The van der Waals surface area contributed by atoms with E-state index >= 15 is 0 Å². The van der Waals surface area contributed by atoms with Gasteiger partial charge in [0, 0.05) is 13.1 Å². The Morgan fingerprint density at radius 3 is 2.14 bits per heavy atom. The molecular formula is C4H17NO5Si4. The van der Waals surface area contributed by atoms with E-state index in [1.165, 1.54) is 0 Å². The zero-order chi connectivity index (χ0) is 10.2. The van der Waals surface area contributed by atoms with Crippen molar-refractivity contribution in [2.45, 2.75) is 13.8 Å². The third kappa shape index (κ3) is 4.92. The summed E-state index contributed by atoms with van der Waals surface area (Å²) < 4.78 is 27.1. The highest BCUT2D eigenvalue weighted by molar-refractivity contribution is 6.56. The minimum absolute atomic E-state index is 0.782. The summed E-state index contributed by atoms with van der Waals surface area (Å²) in [5, 5.41) is 1.85. The Hall–Kier alpha value is 0.628. The van der Waals surface area contributed by atoms with Crippen LogP contribution in [0.2, 0.25) is 0 Å². The lowest BCUT2D eigenvalue weighted by atomic mass is 10.6. The van der Waals surface area contributed by atoms with Crippen molar-refractivity contribution in [3.63, 3.8) is 0 Å². The predicted molar refractivity (Wildman–Crippen MR) is 61.1 cm³/mol. The summed E-state index contributed by atoms with van der Waals surface area (Å²) in [6, 6.07) is 0. The average molecular weight is 272 g/mol. The summed E-state index contributed by atoms with van der Waals surface area (Å²) in [6.07, 6.45) is 0. The van der Waals surface area contributed by atoms with Gasteiger partial charge in [-0.05, 0) is 0 Å². The van der Waals surface area contributed by atoms with E-state index in [1.807, 2.05) is 18.9 Å². The second kappa shape index (κ2) is 7.86.